The predicted molar refractivity (Wildman–Crippen MR) is 127 cm³/mol. The van der Waals surface area contributed by atoms with E-state index < -0.39 is 23.0 Å². The SMILES string of the molecule is C=CCOC(=O)N1CC(SC(=O)OC(C)(C)C)CC1CNC(=O)c1ccc(C(=O)OCC)s1. The topological polar surface area (TPSA) is 111 Å². The van der Waals surface area contributed by atoms with Gasteiger partial charge < -0.3 is 24.4 Å². The van der Waals surface area contributed by atoms with Crippen LogP contribution in [0.4, 0.5) is 9.59 Å². The Bertz CT molecular complexity index is 878. The number of rotatable bonds is 8. The summed E-state index contributed by atoms with van der Waals surface area (Å²) in [5.74, 6) is -0.839. The van der Waals surface area contributed by atoms with E-state index in [2.05, 4.69) is 11.9 Å². The van der Waals surface area contributed by atoms with E-state index in [-0.39, 0.29) is 43.5 Å². The first-order valence-electron chi connectivity index (χ1n) is 10.5. The molecule has 0 aromatic carbocycles. The van der Waals surface area contributed by atoms with Crippen molar-refractivity contribution in [3.05, 3.63) is 34.5 Å². The van der Waals surface area contributed by atoms with Crippen LogP contribution >= 0.6 is 23.1 Å². The minimum atomic E-state index is -0.609. The van der Waals surface area contributed by atoms with E-state index in [4.69, 9.17) is 14.2 Å². The lowest BCUT2D eigenvalue weighted by atomic mass is 10.2. The molecule has 182 valence electrons. The monoisotopic (exact) mass is 498 g/mol. The van der Waals surface area contributed by atoms with Gasteiger partial charge in [0.05, 0.1) is 17.5 Å². The number of thioether (sulfide) groups is 1. The van der Waals surface area contributed by atoms with E-state index in [0.29, 0.717) is 16.2 Å². The van der Waals surface area contributed by atoms with Crippen LogP contribution < -0.4 is 5.32 Å². The van der Waals surface area contributed by atoms with Crippen molar-refractivity contribution in [2.45, 2.75) is 51.0 Å². The lowest BCUT2D eigenvalue weighted by Crippen LogP contribution is -2.43. The molecule has 1 aromatic rings. The molecule has 0 aliphatic carbocycles. The van der Waals surface area contributed by atoms with E-state index in [9.17, 15) is 19.2 Å². The Labute approximate surface area is 201 Å². The second-order valence-electron chi connectivity index (χ2n) is 8.21. The molecule has 2 atom stereocenters. The Morgan fingerprint density at radius 1 is 1.24 bits per heavy atom. The molecule has 33 heavy (non-hydrogen) atoms. The zero-order chi connectivity index (χ0) is 24.6. The molecule has 2 unspecified atom stereocenters. The van der Waals surface area contributed by atoms with Crippen LogP contribution in [0.15, 0.2) is 24.8 Å². The average Bonchev–Trinajstić information content (AvgIpc) is 3.36. The van der Waals surface area contributed by atoms with Gasteiger partial charge in [-0.1, -0.05) is 12.7 Å². The number of esters is 1. The van der Waals surface area contributed by atoms with Crippen molar-refractivity contribution in [3.8, 4) is 0 Å². The van der Waals surface area contributed by atoms with Crippen molar-refractivity contribution in [1.29, 1.82) is 0 Å². The average molecular weight is 499 g/mol. The van der Waals surface area contributed by atoms with E-state index in [0.717, 1.165) is 23.1 Å². The molecule has 1 aromatic heterocycles. The van der Waals surface area contributed by atoms with Crippen LogP contribution in [0, 0.1) is 0 Å². The van der Waals surface area contributed by atoms with E-state index in [1.165, 1.54) is 11.0 Å². The summed E-state index contributed by atoms with van der Waals surface area (Å²) in [6.07, 6.45) is 1.41. The van der Waals surface area contributed by atoms with E-state index >= 15 is 0 Å². The molecular weight excluding hydrogens is 468 g/mol. The molecule has 11 heteroatoms. The standard InChI is InChI=1S/C22H30N2O7S2/c1-6-10-30-20(27)24-13-15(32-21(28)31-22(3,4)5)11-14(24)12-23-18(25)16-8-9-17(33-16)19(26)29-7-2/h6,8-9,14-15H,1,7,10-13H2,2-5H3,(H,23,25). The lowest BCUT2D eigenvalue weighted by Gasteiger charge is -2.23. The molecule has 0 saturated carbocycles. The zero-order valence-corrected chi connectivity index (χ0v) is 20.9. The van der Waals surface area contributed by atoms with E-state index in [1.807, 2.05) is 0 Å². The minimum absolute atomic E-state index is 0.0596. The summed E-state index contributed by atoms with van der Waals surface area (Å²) in [6.45, 7) is 11.4. The van der Waals surface area contributed by atoms with Gasteiger partial charge in [-0.05, 0) is 58.0 Å². The molecule has 0 spiro atoms. The summed E-state index contributed by atoms with van der Waals surface area (Å²) < 4.78 is 15.5. The van der Waals surface area contributed by atoms with Crippen molar-refractivity contribution >= 4 is 46.4 Å². The van der Waals surface area contributed by atoms with Gasteiger partial charge in [0.25, 0.3) is 5.91 Å². The highest BCUT2D eigenvalue weighted by molar-refractivity contribution is 8.13. The van der Waals surface area contributed by atoms with Crippen LogP contribution in [0.1, 0.15) is 53.5 Å². The Morgan fingerprint density at radius 3 is 2.58 bits per heavy atom. The van der Waals surface area contributed by atoms with Crippen molar-refractivity contribution in [2.24, 2.45) is 0 Å². The highest BCUT2D eigenvalue weighted by Crippen LogP contribution is 2.30. The van der Waals surface area contributed by atoms with Gasteiger partial charge in [-0.2, -0.15) is 0 Å². The van der Waals surface area contributed by atoms with Gasteiger partial charge in [-0.25, -0.2) is 14.4 Å². The maximum atomic E-state index is 12.6. The number of thiophene rings is 1. The Kier molecular flexibility index (Phi) is 9.78. The smallest absolute Gasteiger partial charge is 0.410 e. The predicted octanol–water partition coefficient (Wildman–Crippen LogP) is 4.09. The Balaban J connectivity index is 2.00. The van der Waals surface area contributed by atoms with Crippen LogP contribution in [-0.4, -0.2) is 71.4 Å². The number of carbonyl (C=O) groups is 4. The molecular formula is C22H30N2O7S2. The third-order valence-corrected chi connectivity index (χ3v) is 6.41. The second kappa shape index (κ2) is 12.1. The van der Waals surface area contributed by atoms with Gasteiger partial charge in [0.2, 0.25) is 0 Å². The summed E-state index contributed by atoms with van der Waals surface area (Å²) in [5, 5.41) is 2.19. The highest BCUT2D eigenvalue weighted by Gasteiger charge is 2.38. The summed E-state index contributed by atoms with van der Waals surface area (Å²) in [6, 6.07) is 2.73. The quantitative estimate of drug-likeness (QED) is 0.324. The molecule has 1 aliphatic rings. The van der Waals surface area contributed by atoms with Crippen molar-refractivity contribution in [2.75, 3.05) is 26.3 Å². The largest absolute Gasteiger partial charge is 0.462 e. The fourth-order valence-electron chi connectivity index (χ4n) is 3.07. The Morgan fingerprint density at radius 2 is 1.94 bits per heavy atom. The molecule has 9 nitrogen and oxygen atoms in total. The zero-order valence-electron chi connectivity index (χ0n) is 19.3. The van der Waals surface area contributed by atoms with Gasteiger partial charge in [0.15, 0.2) is 0 Å². The molecule has 2 heterocycles. The summed E-state index contributed by atoms with van der Waals surface area (Å²) >= 11 is 2.07. The van der Waals surface area contributed by atoms with Gasteiger partial charge >= 0.3 is 17.4 Å². The normalized spacial score (nSPS) is 17.9. The fourth-order valence-corrected chi connectivity index (χ4v) is 5.01. The van der Waals surface area contributed by atoms with Crippen LogP contribution in [0.25, 0.3) is 0 Å². The molecule has 1 aliphatic heterocycles. The summed E-state index contributed by atoms with van der Waals surface area (Å²) in [4.78, 5) is 51.3. The molecule has 1 saturated heterocycles. The molecule has 2 amide bonds. The lowest BCUT2D eigenvalue weighted by molar-refractivity contribution is 0.0531. The number of ether oxygens (including phenoxy) is 3. The van der Waals surface area contributed by atoms with Gasteiger partial charge in [0, 0.05) is 18.3 Å². The number of hydrogen-bond acceptors (Lipinski definition) is 9. The molecule has 0 bridgehead atoms. The van der Waals surface area contributed by atoms with Crippen molar-refractivity contribution in [3.63, 3.8) is 0 Å². The molecule has 1 fully saturated rings. The van der Waals surface area contributed by atoms with Gasteiger partial charge in [0.1, 0.15) is 17.1 Å². The maximum absolute atomic E-state index is 12.6. The summed E-state index contributed by atoms with van der Waals surface area (Å²) in [5.41, 5.74) is -0.609. The van der Waals surface area contributed by atoms with Crippen LogP contribution in [0.2, 0.25) is 0 Å². The second-order valence-corrected chi connectivity index (χ2v) is 10.5. The first kappa shape index (κ1) is 26.7. The van der Waals surface area contributed by atoms with Crippen LogP contribution in [0.5, 0.6) is 0 Å². The number of carbonyl (C=O) groups excluding carboxylic acids is 4. The highest BCUT2D eigenvalue weighted by atomic mass is 32.2. The summed E-state index contributed by atoms with van der Waals surface area (Å²) in [7, 11) is 0. The molecule has 0 radical (unpaired) electrons. The Hall–Kier alpha value is -2.53. The van der Waals surface area contributed by atoms with Crippen LogP contribution in [0.3, 0.4) is 0 Å². The van der Waals surface area contributed by atoms with Gasteiger partial charge in [-0.3, -0.25) is 4.79 Å². The first-order valence-corrected chi connectivity index (χ1v) is 12.2. The number of nitrogens with zero attached hydrogens (tertiary/aromatic N) is 1. The molecule has 2 rings (SSSR count). The number of likely N-dealkylation sites (tertiary alicyclic amines) is 1. The van der Waals surface area contributed by atoms with Crippen molar-refractivity contribution < 1.29 is 33.4 Å². The number of nitrogens with one attached hydrogen (secondary N) is 1. The first-order chi connectivity index (χ1) is 15.5. The maximum Gasteiger partial charge on any atom is 0.410 e. The minimum Gasteiger partial charge on any atom is -0.462 e. The fraction of sp³-hybridized carbons (Fsp3) is 0.545. The third-order valence-electron chi connectivity index (χ3n) is 4.39. The number of amides is 2. The van der Waals surface area contributed by atoms with E-state index in [1.54, 1.807) is 39.8 Å². The van der Waals surface area contributed by atoms with Crippen LogP contribution in [-0.2, 0) is 14.2 Å². The number of hydrogen-bond donors (Lipinski definition) is 1. The molecule has 1 N–H and O–H groups in total. The van der Waals surface area contributed by atoms with Gasteiger partial charge in [-0.15, -0.1) is 11.3 Å². The van der Waals surface area contributed by atoms with Crippen molar-refractivity contribution in [1.82, 2.24) is 10.2 Å². The third kappa shape index (κ3) is 8.39.